The van der Waals surface area contributed by atoms with E-state index in [0.717, 1.165) is 12.3 Å². The van der Waals surface area contributed by atoms with Crippen molar-refractivity contribution < 1.29 is 0 Å². The molecule has 0 amide bonds. The number of hydrogen-bond acceptors (Lipinski definition) is 2. The van der Waals surface area contributed by atoms with E-state index < -0.39 is 0 Å². The first kappa shape index (κ1) is 10.7. The SMILES string of the molecule is O=c1n(-c2ccccc2)c(=O)n2n1C1CC3CC4C1C4C32. The first-order chi connectivity index (χ1) is 10.3. The molecule has 4 aliphatic carbocycles. The van der Waals surface area contributed by atoms with Crippen molar-refractivity contribution in [2.75, 3.05) is 0 Å². The summed E-state index contributed by atoms with van der Waals surface area (Å²) in [6, 6.07) is 9.85. The number of benzene rings is 1. The minimum atomic E-state index is -0.148. The molecule has 5 nitrogen and oxygen atoms in total. The van der Waals surface area contributed by atoms with Crippen LogP contribution in [0, 0.1) is 23.7 Å². The summed E-state index contributed by atoms with van der Waals surface area (Å²) in [5, 5.41) is 0. The van der Waals surface area contributed by atoms with Crippen LogP contribution in [0.25, 0.3) is 5.69 Å². The first-order valence-corrected chi connectivity index (χ1v) is 7.79. The molecule has 6 aliphatic rings. The van der Waals surface area contributed by atoms with Gasteiger partial charge in [-0.15, -0.1) is 0 Å². The Morgan fingerprint density at radius 3 is 2.43 bits per heavy atom. The molecule has 6 unspecified atom stereocenters. The van der Waals surface area contributed by atoms with E-state index in [4.69, 9.17) is 0 Å². The Labute approximate surface area is 120 Å². The third-order valence-corrected chi connectivity index (χ3v) is 6.35. The van der Waals surface area contributed by atoms with Crippen LogP contribution in [0.4, 0.5) is 0 Å². The second-order valence-corrected chi connectivity index (χ2v) is 7.03. The molecule has 4 saturated carbocycles. The normalized spacial score (nSPS) is 40.4. The van der Waals surface area contributed by atoms with Gasteiger partial charge in [0.2, 0.25) is 0 Å². The Balaban J connectivity index is 1.68. The van der Waals surface area contributed by atoms with Crippen molar-refractivity contribution in [3.05, 3.63) is 51.3 Å². The van der Waals surface area contributed by atoms with E-state index in [2.05, 4.69) is 0 Å². The summed E-state index contributed by atoms with van der Waals surface area (Å²) in [4.78, 5) is 25.7. The van der Waals surface area contributed by atoms with Crippen LogP contribution >= 0.6 is 0 Å². The molecule has 1 aromatic heterocycles. The maximum absolute atomic E-state index is 12.9. The summed E-state index contributed by atoms with van der Waals surface area (Å²) in [6.07, 6.45) is 2.37. The topological polar surface area (TPSA) is 48.9 Å². The van der Waals surface area contributed by atoms with Crippen LogP contribution in [0.15, 0.2) is 39.9 Å². The van der Waals surface area contributed by atoms with Crippen molar-refractivity contribution in [1.82, 2.24) is 13.9 Å². The molecule has 1 aromatic carbocycles. The van der Waals surface area contributed by atoms with Gasteiger partial charge in [0.25, 0.3) is 0 Å². The van der Waals surface area contributed by atoms with E-state index in [9.17, 15) is 9.59 Å². The van der Waals surface area contributed by atoms with Gasteiger partial charge < -0.3 is 0 Å². The Hall–Kier alpha value is -2.04. The smallest absolute Gasteiger partial charge is 0.245 e. The van der Waals surface area contributed by atoms with Gasteiger partial charge in [-0.1, -0.05) is 18.2 Å². The number of para-hydroxylation sites is 1. The van der Waals surface area contributed by atoms with Crippen molar-refractivity contribution in [3.63, 3.8) is 0 Å². The molecule has 4 fully saturated rings. The van der Waals surface area contributed by atoms with E-state index in [-0.39, 0.29) is 23.5 Å². The minimum absolute atomic E-state index is 0.142. The fourth-order valence-electron chi connectivity index (χ4n) is 5.74. The Bertz CT molecular complexity index is 884. The van der Waals surface area contributed by atoms with E-state index in [0.29, 0.717) is 23.4 Å². The quantitative estimate of drug-likeness (QED) is 0.788. The van der Waals surface area contributed by atoms with Crippen LogP contribution in [-0.4, -0.2) is 13.9 Å². The Kier molecular flexibility index (Phi) is 1.56. The summed E-state index contributed by atoms with van der Waals surface area (Å²) in [6.45, 7) is 0. The Morgan fingerprint density at radius 2 is 1.67 bits per heavy atom. The van der Waals surface area contributed by atoms with Gasteiger partial charge in [-0.2, -0.15) is 0 Å². The molecule has 2 aromatic rings. The highest BCUT2D eigenvalue weighted by Crippen LogP contribution is 2.75. The lowest BCUT2D eigenvalue weighted by atomic mass is 9.77. The second-order valence-electron chi connectivity index (χ2n) is 7.03. The summed E-state index contributed by atoms with van der Waals surface area (Å²) in [5.74, 6) is 2.76. The standard InChI is InChI=1S/C16H15N3O2/c20-15-17(9-4-2-1-3-5-9)16(21)19-14-8-6-10-12(13(10)14)11(7-8)18(15)19/h1-5,8,10-14H,6-7H2. The zero-order valence-electron chi connectivity index (χ0n) is 11.4. The molecule has 6 bridgehead atoms. The van der Waals surface area contributed by atoms with E-state index in [1.165, 1.54) is 11.0 Å². The molecule has 8 rings (SSSR count). The maximum atomic E-state index is 12.9. The number of aromatic nitrogens is 3. The predicted octanol–water partition coefficient (Wildman–Crippen LogP) is 1.18. The summed E-state index contributed by atoms with van der Waals surface area (Å²) < 4.78 is 4.95. The van der Waals surface area contributed by atoms with Crippen molar-refractivity contribution >= 4 is 0 Å². The van der Waals surface area contributed by atoms with Gasteiger partial charge in [0.05, 0.1) is 17.8 Å². The van der Waals surface area contributed by atoms with Gasteiger partial charge in [0, 0.05) is 0 Å². The number of hydrogen-bond donors (Lipinski definition) is 0. The molecule has 0 spiro atoms. The maximum Gasteiger partial charge on any atom is 0.352 e. The summed E-state index contributed by atoms with van der Waals surface area (Å²) in [7, 11) is 0. The van der Waals surface area contributed by atoms with Crippen molar-refractivity contribution in [1.29, 1.82) is 0 Å². The van der Waals surface area contributed by atoms with Gasteiger partial charge in [-0.05, 0) is 48.6 Å². The van der Waals surface area contributed by atoms with Crippen LogP contribution < -0.4 is 11.4 Å². The van der Waals surface area contributed by atoms with E-state index in [1.54, 1.807) is 4.68 Å². The summed E-state index contributed by atoms with van der Waals surface area (Å²) >= 11 is 0. The zero-order valence-corrected chi connectivity index (χ0v) is 11.4. The van der Waals surface area contributed by atoms with Crippen molar-refractivity contribution in [3.8, 4) is 5.69 Å². The molecule has 0 saturated heterocycles. The Morgan fingerprint density at radius 1 is 0.905 bits per heavy atom. The lowest BCUT2D eigenvalue weighted by Gasteiger charge is -2.43. The first-order valence-electron chi connectivity index (χ1n) is 7.79. The van der Waals surface area contributed by atoms with Gasteiger partial charge in [0.15, 0.2) is 0 Å². The van der Waals surface area contributed by atoms with Crippen LogP contribution in [-0.2, 0) is 0 Å². The van der Waals surface area contributed by atoms with Gasteiger partial charge >= 0.3 is 11.4 Å². The molecule has 0 radical (unpaired) electrons. The fraction of sp³-hybridized carbons (Fsp3) is 0.500. The van der Waals surface area contributed by atoms with E-state index >= 15 is 0 Å². The molecule has 21 heavy (non-hydrogen) atoms. The monoisotopic (exact) mass is 281 g/mol. The lowest BCUT2D eigenvalue weighted by molar-refractivity contribution is 0.0567. The van der Waals surface area contributed by atoms with Crippen LogP contribution in [0.3, 0.4) is 0 Å². The fourth-order valence-corrected chi connectivity index (χ4v) is 5.74. The molecule has 5 heteroatoms. The molecular weight excluding hydrogens is 266 g/mol. The average Bonchev–Trinajstić information content (AvgIpc) is 3.06. The zero-order chi connectivity index (χ0) is 13.9. The highest BCUT2D eigenvalue weighted by molar-refractivity contribution is 5.31. The third kappa shape index (κ3) is 0.991. The van der Waals surface area contributed by atoms with Gasteiger partial charge in [0.1, 0.15) is 0 Å². The molecular formula is C16H15N3O2. The highest BCUT2D eigenvalue weighted by Gasteiger charge is 2.73. The van der Waals surface area contributed by atoms with Crippen LogP contribution in [0.1, 0.15) is 24.9 Å². The minimum Gasteiger partial charge on any atom is -0.245 e. The molecule has 106 valence electrons. The molecule has 6 atom stereocenters. The molecule has 3 heterocycles. The second kappa shape index (κ2) is 3.08. The molecule has 0 N–H and O–H groups in total. The average molecular weight is 281 g/mol. The largest absolute Gasteiger partial charge is 0.352 e. The van der Waals surface area contributed by atoms with Crippen molar-refractivity contribution in [2.24, 2.45) is 23.7 Å². The third-order valence-electron chi connectivity index (χ3n) is 6.35. The van der Waals surface area contributed by atoms with E-state index in [1.807, 2.05) is 35.0 Å². The van der Waals surface area contributed by atoms with Crippen LogP contribution in [0.5, 0.6) is 0 Å². The van der Waals surface area contributed by atoms with Crippen molar-refractivity contribution in [2.45, 2.75) is 24.9 Å². The van der Waals surface area contributed by atoms with Gasteiger partial charge in [-0.3, -0.25) is 0 Å². The predicted molar refractivity (Wildman–Crippen MR) is 75.6 cm³/mol. The number of rotatable bonds is 1. The van der Waals surface area contributed by atoms with Gasteiger partial charge in [-0.25, -0.2) is 23.5 Å². The highest BCUT2D eigenvalue weighted by atomic mass is 16.2. The molecule has 2 aliphatic heterocycles. The summed E-state index contributed by atoms with van der Waals surface area (Å²) in [5.41, 5.74) is 0.393. The number of nitrogens with zero attached hydrogens (tertiary/aromatic N) is 3. The lowest BCUT2D eigenvalue weighted by Crippen LogP contribution is -2.47. The van der Waals surface area contributed by atoms with Crippen LogP contribution in [0.2, 0.25) is 0 Å².